The quantitative estimate of drug-likeness (QED) is 0.666. The highest BCUT2D eigenvalue weighted by molar-refractivity contribution is 5.77. The number of ether oxygens (including phenoxy) is 1. The average molecular weight is 204 g/mol. The molecule has 2 N–H and O–H groups in total. The van der Waals surface area contributed by atoms with Crippen LogP contribution in [0.5, 0.6) is 0 Å². The maximum absolute atomic E-state index is 10.2. The maximum Gasteiger partial charge on any atom is 0.307 e. The largest absolute Gasteiger partial charge is 0.481 e. The minimum Gasteiger partial charge on any atom is -0.481 e. The fourth-order valence-electron chi connectivity index (χ4n) is 0.713. The lowest BCUT2D eigenvalue weighted by Gasteiger charge is -2.03. The van der Waals surface area contributed by atoms with E-state index in [2.05, 4.69) is 6.92 Å². The molecule has 14 heavy (non-hydrogen) atoms. The van der Waals surface area contributed by atoms with Crippen molar-refractivity contribution >= 4 is 11.9 Å². The van der Waals surface area contributed by atoms with Gasteiger partial charge in [-0.25, -0.2) is 0 Å². The molecule has 0 aliphatic carbocycles. The van der Waals surface area contributed by atoms with Crippen LogP contribution in [0.15, 0.2) is 0 Å². The van der Waals surface area contributed by atoms with Gasteiger partial charge in [-0.3, -0.25) is 9.59 Å². The summed E-state index contributed by atoms with van der Waals surface area (Å²) in [5.41, 5.74) is 0. The minimum absolute atomic E-state index is 0.286. The second-order valence-electron chi connectivity index (χ2n) is 3.19. The van der Waals surface area contributed by atoms with Gasteiger partial charge in [0.05, 0.1) is 25.0 Å². The summed E-state index contributed by atoms with van der Waals surface area (Å²) >= 11 is 0. The Kier molecular flexibility index (Phi) is 5.87. The first kappa shape index (κ1) is 12.9. The van der Waals surface area contributed by atoms with E-state index >= 15 is 0 Å². The zero-order chi connectivity index (χ0) is 11.1. The Hall–Kier alpha value is -1.10. The first-order chi connectivity index (χ1) is 6.47. The Morgan fingerprint density at radius 1 is 1.50 bits per heavy atom. The predicted octanol–water partition coefficient (Wildman–Crippen LogP) is 0.977. The van der Waals surface area contributed by atoms with Crippen molar-refractivity contribution in [2.24, 2.45) is 5.92 Å². The molecule has 2 unspecified atom stereocenters. The van der Waals surface area contributed by atoms with Crippen LogP contribution in [0, 0.1) is 5.92 Å². The molecule has 0 aromatic carbocycles. The lowest BCUT2D eigenvalue weighted by Crippen LogP contribution is -2.16. The van der Waals surface area contributed by atoms with Crippen molar-refractivity contribution in [3.63, 3.8) is 0 Å². The molecule has 0 bridgehead atoms. The van der Waals surface area contributed by atoms with Crippen LogP contribution in [0.4, 0.5) is 0 Å². The van der Waals surface area contributed by atoms with Gasteiger partial charge in [0.25, 0.3) is 0 Å². The van der Waals surface area contributed by atoms with Gasteiger partial charge >= 0.3 is 11.9 Å². The van der Waals surface area contributed by atoms with Crippen LogP contribution in [0.2, 0.25) is 0 Å². The summed E-state index contributed by atoms with van der Waals surface area (Å²) in [7, 11) is 0. The van der Waals surface area contributed by atoms with Crippen LogP contribution in [-0.4, -0.2) is 34.9 Å². The van der Waals surface area contributed by atoms with E-state index in [4.69, 9.17) is 14.9 Å². The van der Waals surface area contributed by atoms with Crippen molar-refractivity contribution in [2.75, 3.05) is 6.61 Å². The second-order valence-corrected chi connectivity index (χ2v) is 3.19. The molecule has 0 saturated carbocycles. The number of carbonyl (C=O) groups is 2. The van der Waals surface area contributed by atoms with Gasteiger partial charge in [-0.05, 0) is 13.3 Å². The maximum atomic E-state index is 10.2. The van der Waals surface area contributed by atoms with Crippen molar-refractivity contribution < 1.29 is 24.5 Å². The molecule has 0 aromatic heterocycles. The monoisotopic (exact) mass is 204 g/mol. The summed E-state index contributed by atoms with van der Waals surface area (Å²) in [6.45, 7) is 4.70. The van der Waals surface area contributed by atoms with E-state index in [0.29, 0.717) is 12.5 Å². The first-order valence-corrected chi connectivity index (χ1v) is 4.53. The van der Waals surface area contributed by atoms with E-state index < -0.39 is 17.9 Å². The smallest absolute Gasteiger partial charge is 0.307 e. The SMILES string of the molecule is CC1CO1.CCC(CC(=O)O)C(=O)O. The van der Waals surface area contributed by atoms with Crippen LogP contribution >= 0.6 is 0 Å². The van der Waals surface area contributed by atoms with E-state index in [-0.39, 0.29) is 6.42 Å². The van der Waals surface area contributed by atoms with E-state index in [1.54, 1.807) is 6.92 Å². The van der Waals surface area contributed by atoms with Crippen LogP contribution in [0.1, 0.15) is 26.7 Å². The lowest BCUT2D eigenvalue weighted by molar-refractivity contribution is -0.148. The van der Waals surface area contributed by atoms with Crippen LogP contribution in [-0.2, 0) is 14.3 Å². The Morgan fingerprint density at radius 2 is 1.93 bits per heavy atom. The molecule has 82 valence electrons. The molecule has 1 aliphatic rings. The molecular weight excluding hydrogens is 188 g/mol. The van der Waals surface area contributed by atoms with Crippen molar-refractivity contribution in [3.8, 4) is 0 Å². The summed E-state index contributed by atoms with van der Waals surface area (Å²) < 4.78 is 4.71. The molecular formula is C9H16O5. The standard InChI is InChI=1S/C6H10O4.C3H6O/c1-2-4(6(9)10)3-5(7)8;1-3-2-4-3/h4H,2-3H2,1H3,(H,7,8)(H,9,10);3H,2H2,1H3. The highest BCUT2D eigenvalue weighted by atomic mass is 16.6. The van der Waals surface area contributed by atoms with Gasteiger partial charge in [0.2, 0.25) is 0 Å². The molecule has 1 heterocycles. The summed E-state index contributed by atoms with van der Waals surface area (Å²) in [5.74, 6) is -2.84. The van der Waals surface area contributed by atoms with E-state index in [0.717, 1.165) is 6.61 Å². The normalized spacial score (nSPS) is 20.3. The van der Waals surface area contributed by atoms with Gasteiger partial charge in [-0.2, -0.15) is 0 Å². The second kappa shape index (κ2) is 6.37. The number of hydrogen-bond acceptors (Lipinski definition) is 3. The fraction of sp³-hybridized carbons (Fsp3) is 0.778. The molecule has 1 saturated heterocycles. The third kappa shape index (κ3) is 7.54. The summed E-state index contributed by atoms with van der Waals surface area (Å²) in [4.78, 5) is 20.2. The topological polar surface area (TPSA) is 87.1 Å². The van der Waals surface area contributed by atoms with Gasteiger partial charge in [0.15, 0.2) is 0 Å². The van der Waals surface area contributed by atoms with Gasteiger partial charge in [0.1, 0.15) is 0 Å². The third-order valence-electron chi connectivity index (χ3n) is 1.76. The van der Waals surface area contributed by atoms with Gasteiger partial charge in [-0.1, -0.05) is 6.92 Å². The fourth-order valence-corrected chi connectivity index (χ4v) is 0.713. The highest BCUT2D eigenvalue weighted by Crippen LogP contribution is 2.07. The molecule has 0 aromatic rings. The van der Waals surface area contributed by atoms with Crippen LogP contribution < -0.4 is 0 Å². The Morgan fingerprint density at radius 3 is 2.00 bits per heavy atom. The number of carboxylic acids is 2. The molecule has 0 radical (unpaired) electrons. The number of carboxylic acid groups (broad SMARTS) is 2. The number of aliphatic carboxylic acids is 2. The zero-order valence-corrected chi connectivity index (χ0v) is 8.40. The van der Waals surface area contributed by atoms with Crippen LogP contribution in [0.25, 0.3) is 0 Å². The number of hydrogen-bond donors (Lipinski definition) is 2. The summed E-state index contributed by atoms with van der Waals surface area (Å²) in [6.07, 6.45) is 0.660. The Labute approximate surface area is 82.7 Å². The number of rotatable bonds is 4. The molecule has 1 rings (SSSR count). The van der Waals surface area contributed by atoms with Gasteiger partial charge in [0, 0.05) is 0 Å². The molecule has 1 fully saturated rings. The third-order valence-corrected chi connectivity index (χ3v) is 1.76. The first-order valence-electron chi connectivity index (χ1n) is 4.53. The Bertz CT molecular complexity index is 197. The molecule has 0 spiro atoms. The molecule has 5 nitrogen and oxygen atoms in total. The van der Waals surface area contributed by atoms with Crippen LogP contribution in [0.3, 0.4) is 0 Å². The molecule has 5 heteroatoms. The van der Waals surface area contributed by atoms with Crippen molar-refractivity contribution in [2.45, 2.75) is 32.8 Å². The summed E-state index contributed by atoms with van der Waals surface area (Å²) in [5, 5.41) is 16.6. The molecule has 1 aliphatic heterocycles. The number of epoxide rings is 1. The zero-order valence-electron chi connectivity index (χ0n) is 8.40. The molecule has 0 amide bonds. The van der Waals surface area contributed by atoms with Crippen molar-refractivity contribution in [3.05, 3.63) is 0 Å². The lowest BCUT2D eigenvalue weighted by atomic mass is 10.0. The van der Waals surface area contributed by atoms with Gasteiger partial charge in [-0.15, -0.1) is 0 Å². The van der Waals surface area contributed by atoms with E-state index in [9.17, 15) is 9.59 Å². The average Bonchev–Trinajstić information content (AvgIpc) is 2.83. The van der Waals surface area contributed by atoms with Crippen molar-refractivity contribution in [1.29, 1.82) is 0 Å². The van der Waals surface area contributed by atoms with E-state index in [1.165, 1.54) is 0 Å². The summed E-state index contributed by atoms with van der Waals surface area (Å²) in [6, 6.07) is 0. The predicted molar refractivity (Wildman–Crippen MR) is 49.1 cm³/mol. The van der Waals surface area contributed by atoms with E-state index in [1.807, 2.05) is 0 Å². The van der Waals surface area contributed by atoms with Crippen molar-refractivity contribution in [1.82, 2.24) is 0 Å². The highest BCUT2D eigenvalue weighted by Gasteiger charge is 2.17. The minimum atomic E-state index is -1.06. The van der Waals surface area contributed by atoms with Gasteiger partial charge < -0.3 is 14.9 Å². The Balaban J connectivity index is 0.000000344. The molecule has 2 atom stereocenters.